The molecule has 0 amide bonds. The molecule has 5 heteroatoms. The molecule has 0 saturated carbocycles. The van der Waals surface area contributed by atoms with E-state index in [1.54, 1.807) is 12.5 Å². The Morgan fingerprint density at radius 2 is 1.36 bits per heavy atom. The van der Waals surface area contributed by atoms with Crippen LogP contribution in [0.15, 0.2) is 9.81 Å². The van der Waals surface area contributed by atoms with E-state index in [2.05, 4.69) is 4.74 Å². The van der Waals surface area contributed by atoms with Gasteiger partial charge in [0.15, 0.2) is 0 Å². The first-order valence-corrected chi connectivity index (χ1v) is 5.24. The van der Waals surface area contributed by atoms with Crippen molar-refractivity contribution in [3.05, 3.63) is 9.81 Å². The van der Waals surface area contributed by atoms with E-state index in [1.165, 1.54) is 23.5 Å². The summed E-state index contributed by atoms with van der Waals surface area (Å²) in [5.74, 6) is -1.04. The summed E-state index contributed by atoms with van der Waals surface area (Å²) < 4.78 is 4.37. The second-order valence-electron chi connectivity index (χ2n) is 1.74. The van der Waals surface area contributed by atoms with Crippen LogP contribution in [0, 0.1) is 0 Å². The number of rotatable bonds is 2. The van der Waals surface area contributed by atoms with Crippen LogP contribution in [0.1, 0.15) is 0 Å². The number of hydrogen-bond acceptors (Lipinski definition) is 5. The topological polar surface area (TPSA) is 43.4 Å². The first-order chi connectivity index (χ1) is 5.20. The van der Waals surface area contributed by atoms with Crippen molar-refractivity contribution >= 4 is 35.5 Å². The van der Waals surface area contributed by atoms with Gasteiger partial charge in [-0.15, -0.1) is 23.5 Å². The fourth-order valence-electron chi connectivity index (χ4n) is 0.714. The Bertz CT molecular complexity index is 220. The van der Waals surface area contributed by atoms with Crippen LogP contribution in [0.5, 0.6) is 0 Å². The molecule has 0 spiro atoms. The highest BCUT2D eigenvalue weighted by molar-refractivity contribution is 8.07. The van der Waals surface area contributed by atoms with Crippen molar-refractivity contribution in [2.24, 2.45) is 0 Å². The maximum Gasteiger partial charge on any atom is 0.353 e. The van der Waals surface area contributed by atoms with Crippen molar-refractivity contribution < 1.29 is 14.3 Å². The maximum absolute atomic E-state index is 10.8. The molecule has 1 heterocycles. The molecule has 0 aromatic carbocycles. The lowest BCUT2D eigenvalue weighted by Gasteiger charge is -1.90. The Labute approximate surface area is 72.6 Å². The Morgan fingerprint density at radius 3 is 1.64 bits per heavy atom. The summed E-state index contributed by atoms with van der Waals surface area (Å²) in [6, 6.07) is 0. The first-order valence-electron chi connectivity index (χ1n) is 2.79. The highest BCUT2D eigenvalue weighted by Gasteiger charge is 2.31. The molecular formula is C6H6O3S2. The molecular weight excluding hydrogens is 184 g/mol. The minimum atomic E-state index is -0.521. The Morgan fingerprint density at radius 1 is 1.00 bits per heavy atom. The van der Waals surface area contributed by atoms with E-state index in [0.717, 1.165) is 0 Å². The number of cyclic esters (lactones) is 2. The third-order valence-electron chi connectivity index (χ3n) is 1.17. The van der Waals surface area contributed by atoms with E-state index >= 15 is 0 Å². The van der Waals surface area contributed by atoms with E-state index in [0.29, 0.717) is 9.81 Å². The standard InChI is InChI=1S/C6H6O3S2/c1-10-3-4(11-2)6(8)9-5(3)7/h1-2H3. The van der Waals surface area contributed by atoms with Gasteiger partial charge in [-0.2, -0.15) is 0 Å². The molecule has 0 aliphatic carbocycles. The van der Waals surface area contributed by atoms with Crippen LogP contribution < -0.4 is 0 Å². The summed E-state index contributed by atoms with van der Waals surface area (Å²) in [7, 11) is 0. The average Bonchev–Trinajstić information content (AvgIpc) is 2.24. The zero-order valence-corrected chi connectivity index (χ0v) is 7.67. The Kier molecular flexibility index (Phi) is 2.62. The molecule has 0 radical (unpaired) electrons. The highest BCUT2D eigenvalue weighted by atomic mass is 32.2. The van der Waals surface area contributed by atoms with Gasteiger partial charge in [-0.25, -0.2) is 9.59 Å². The van der Waals surface area contributed by atoms with Gasteiger partial charge in [0.25, 0.3) is 0 Å². The molecule has 0 N–H and O–H groups in total. The van der Waals surface area contributed by atoms with Gasteiger partial charge in [-0.1, -0.05) is 0 Å². The minimum Gasteiger partial charge on any atom is -0.385 e. The predicted molar refractivity (Wildman–Crippen MR) is 45.2 cm³/mol. The van der Waals surface area contributed by atoms with E-state index in [1.807, 2.05) is 0 Å². The van der Waals surface area contributed by atoms with Crippen molar-refractivity contribution in [2.45, 2.75) is 0 Å². The largest absolute Gasteiger partial charge is 0.385 e. The van der Waals surface area contributed by atoms with E-state index in [9.17, 15) is 9.59 Å². The number of hydrogen-bond donors (Lipinski definition) is 0. The Balaban J connectivity index is 3.02. The molecule has 1 aliphatic rings. The monoisotopic (exact) mass is 190 g/mol. The first kappa shape index (κ1) is 8.67. The van der Waals surface area contributed by atoms with Crippen LogP contribution in [0.2, 0.25) is 0 Å². The van der Waals surface area contributed by atoms with Crippen LogP contribution in [0.25, 0.3) is 0 Å². The molecule has 1 aliphatic heterocycles. The fourth-order valence-corrected chi connectivity index (χ4v) is 2.17. The molecule has 0 fully saturated rings. The number of ether oxygens (including phenoxy) is 1. The maximum atomic E-state index is 10.8. The normalized spacial score (nSPS) is 17.6. The molecule has 60 valence electrons. The summed E-state index contributed by atoms with van der Waals surface area (Å²) in [6.07, 6.45) is 3.48. The molecule has 0 saturated heterocycles. The number of carbonyl (C=O) groups is 2. The lowest BCUT2D eigenvalue weighted by atomic mass is 10.5. The van der Waals surface area contributed by atoms with Crippen LogP contribution in [-0.4, -0.2) is 24.5 Å². The van der Waals surface area contributed by atoms with Crippen molar-refractivity contribution in [1.82, 2.24) is 0 Å². The summed E-state index contributed by atoms with van der Waals surface area (Å²) in [4.78, 5) is 22.5. The molecule has 0 aromatic heterocycles. The van der Waals surface area contributed by atoms with Gasteiger partial charge in [0.1, 0.15) is 9.81 Å². The third kappa shape index (κ3) is 1.44. The van der Waals surface area contributed by atoms with Gasteiger partial charge in [-0.3, -0.25) is 0 Å². The lowest BCUT2D eigenvalue weighted by Crippen LogP contribution is -2.00. The van der Waals surface area contributed by atoms with Crippen molar-refractivity contribution in [1.29, 1.82) is 0 Å². The SMILES string of the molecule is CSC1=C(SC)C(=O)OC1=O. The molecule has 1 rings (SSSR count). The van der Waals surface area contributed by atoms with E-state index in [4.69, 9.17) is 0 Å². The van der Waals surface area contributed by atoms with Crippen LogP contribution in [0.4, 0.5) is 0 Å². The Hall–Kier alpha value is -0.420. The van der Waals surface area contributed by atoms with E-state index < -0.39 is 11.9 Å². The highest BCUT2D eigenvalue weighted by Crippen LogP contribution is 2.31. The van der Waals surface area contributed by atoms with Gasteiger partial charge < -0.3 is 4.74 Å². The van der Waals surface area contributed by atoms with Crippen molar-refractivity contribution in [3.8, 4) is 0 Å². The predicted octanol–water partition coefficient (Wildman–Crippen LogP) is 1.01. The van der Waals surface area contributed by atoms with Crippen LogP contribution in [-0.2, 0) is 14.3 Å². The second-order valence-corrected chi connectivity index (χ2v) is 3.38. The molecule has 0 aromatic rings. The van der Waals surface area contributed by atoms with Crippen molar-refractivity contribution in [3.63, 3.8) is 0 Å². The molecule has 3 nitrogen and oxygen atoms in total. The van der Waals surface area contributed by atoms with E-state index in [-0.39, 0.29) is 0 Å². The number of carbonyl (C=O) groups excluding carboxylic acids is 2. The third-order valence-corrected chi connectivity index (χ3v) is 2.86. The van der Waals surface area contributed by atoms with Gasteiger partial charge in [-0.05, 0) is 12.5 Å². The fraction of sp³-hybridized carbons (Fsp3) is 0.333. The van der Waals surface area contributed by atoms with Gasteiger partial charge >= 0.3 is 11.9 Å². The van der Waals surface area contributed by atoms with Gasteiger partial charge in [0.2, 0.25) is 0 Å². The average molecular weight is 190 g/mol. The smallest absolute Gasteiger partial charge is 0.353 e. The summed E-state index contributed by atoms with van der Waals surface area (Å²) in [5.41, 5.74) is 0. The molecule has 0 bridgehead atoms. The second kappa shape index (κ2) is 3.32. The minimum absolute atomic E-state index is 0.419. The molecule has 0 atom stereocenters. The van der Waals surface area contributed by atoms with Gasteiger partial charge in [0.05, 0.1) is 0 Å². The van der Waals surface area contributed by atoms with Crippen LogP contribution >= 0.6 is 23.5 Å². The molecule has 11 heavy (non-hydrogen) atoms. The van der Waals surface area contributed by atoms with Gasteiger partial charge in [0, 0.05) is 0 Å². The quantitative estimate of drug-likeness (QED) is 0.480. The van der Waals surface area contributed by atoms with Crippen molar-refractivity contribution in [2.75, 3.05) is 12.5 Å². The zero-order chi connectivity index (χ0) is 8.43. The number of esters is 2. The van der Waals surface area contributed by atoms with Crippen LogP contribution in [0.3, 0.4) is 0 Å². The zero-order valence-electron chi connectivity index (χ0n) is 6.04. The summed E-state index contributed by atoms with van der Waals surface area (Å²) >= 11 is 2.48. The summed E-state index contributed by atoms with van der Waals surface area (Å²) in [5, 5.41) is 0. The molecule has 0 unspecified atom stereocenters. The lowest BCUT2D eigenvalue weighted by molar-refractivity contribution is -0.150. The summed E-state index contributed by atoms with van der Waals surface area (Å²) in [6.45, 7) is 0. The number of thioether (sulfide) groups is 2.